The number of sulfonamides is 1. The van der Waals surface area contributed by atoms with Gasteiger partial charge in [0, 0.05) is 11.3 Å². The maximum absolute atomic E-state index is 11.7. The van der Waals surface area contributed by atoms with Crippen molar-refractivity contribution in [1.82, 2.24) is 0 Å². The lowest BCUT2D eigenvalue weighted by atomic mass is 9.89. The molecule has 1 aliphatic rings. The van der Waals surface area contributed by atoms with E-state index in [4.69, 9.17) is 9.47 Å². The van der Waals surface area contributed by atoms with Crippen LogP contribution in [0.15, 0.2) is 36.4 Å². The first-order valence-electron chi connectivity index (χ1n) is 10.4. The summed E-state index contributed by atoms with van der Waals surface area (Å²) in [6.45, 7) is 1.89. The lowest BCUT2D eigenvalue weighted by molar-refractivity contribution is -0.142. The first kappa shape index (κ1) is 22.9. The molecule has 2 aromatic carbocycles. The highest BCUT2D eigenvalue weighted by Gasteiger charge is 2.29. The number of nitrogens with one attached hydrogen (secondary N) is 1. The Labute approximate surface area is 183 Å². The van der Waals surface area contributed by atoms with Gasteiger partial charge in [-0.3, -0.25) is 9.52 Å². The maximum atomic E-state index is 11.7. The smallest absolute Gasteiger partial charge is 0.306 e. The predicted octanol–water partition coefficient (Wildman–Crippen LogP) is 4.84. The van der Waals surface area contributed by atoms with E-state index in [-0.39, 0.29) is 12.0 Å². The van der Waals surface area contributed by atoms with Gasteiger partial charge >= 0.3 is 5.97 Å². The number of benzene rings is 2. The fraction of sp³-hybridized carbons (Fsp3) is 0.435. The van der Waals surface area contributed by atoms with Gasteiger partial charge in [-0.15, -0.1) is 0 Å². The van der Waals surface area contributed by atoms with E-state index in [0.29, 0.717) is 30.7 Å². The van der Waals surface area contributed by atoms with Crippen LogP contribution in [-0.2, 0) is 14.8 Å². The number of carboxylic acid groups (broad SMARTS) is 1. The first-order valence-corrected chi connectivity index (χ1v) is 12.3. The van der Waals surface area contributed by atoms with Gasteiger partial charge in [-0.1, -0.05) is 25.5 Å². The van der Waals surface area contributed by atoms with Crippen LogP contribution >= 0.6 is 0 Å². The number of ether oxygens (including phenoxy) is 2. The molecule has 7 nitrogen and oxygen atoms in total. The first-order chi connectivity index (χ1) is 14.7. The molecule has 2 aromatic rings. The zero-order chi connectivity index (χ0) is 22.6. The molecule has 168 valence electrons. The van der Waals surface area contributed by atoms with E-state index in [9.17, 15) is 18.3 Å². The Balaban J connectivity index is 1.88. The SMILES string of the molecule is CCC(CCCCC1Oc2cccc(OC)c2-c2ccc(NS(C)(=O)=O)cc21)C(=O)O. The molecule has 0 saturated heterocycles. The van der Waals surface area contributed by atoms with Crippen molar-refractivity contribution in [2.24, 2.45) is 5.92 Å². The van der Waals surface area contributed by atoms with Crippen LogP contribution < -0.4 is 14.2 Å². The van der Waals surface area contributed by atoms with Gasteiger partial charge in [-0.25, -0.2) is 8.42 Å². The summed E-state index contributed by atoms with van der Waals surface area (Å²) < 4.78 is 37.7. The Hall–Kier alpha value is -2.74. The van der Waals surface area contributed by atoms with Crippen molar-refractivity contribution in [2.45, 2.75) is 45.1 Å². The van der Waals surface area contributed by atoms with Gasteiger partial charge in [0.1, 0.15) is 17.6 Å². The molecule has 0 radical (unpaired) electrons. The molecule has 1 heterocycles. The lowest BCUT2D eigenvalue weighted by Gasteiger charge is -2.30. The monoisotopic (exact) mass is 447 g/mol. The van der Waals surface area contributed by atoms with Crippen molar-refractivity contribution in [3.8, 4) is 22.6 Å². The third kappa shape index (κ3) is 5.50. The van der Waals surface area contributed by atoms with Crippen LogP contribution in [0.2, 0.25) is 0 Å². The number of hydrogen-bond donors (Lipinski definition) is 2. The zero-order valence-electron chi connectivity index (χ0n) is 18.1. The van der Waals surface area contributed by atoms with Gasteiger partial charge in [0.15, 0.2) is 0 Å². The molecule has 2 unspecified atom stereocenters. The van der Waals surface area contributed by atoms with E-state index in [1.807, 2.05) is 37.3 Å². The molecule has 0 amide bonds. The van der Waals surface area contributed by atoms with Crippen LogP contribution in [0.4, 0.5) is 5.69 Å². The van der Waals surface area contributed by atoms with E-state index in [0.717, 1.165) is 41.5 Å². The minimum Gasteiger partial charge on any atom is -0.496 e. The molecule has 31 heavy (non-hydrogen) atoms. The zero-order valence-corrected chi connectivity index (χ0v) is 18.9. The average molecular weight is 448 g/mol. The van der Waals surface area contributed by atoms with E-state index >= 15 is 0 Å². The third-order valence-corrected chi connectivity index (χ3v) is 6.17. The van der Waals surface area contributed by atoms with E-state index < -0.39 is 16.0 Å². The molecule has 0 saturated carbocycles. The number of anilines is 1. The molecule has 0 bridgehead atoms. The second kappa shape index (κ2) is 9.60. The number of aliphatic carboxylic acids is 1. The van der Waals surface area contributed by atoms with Crippen molar-refractivity contribution in [3.05, 3.63) is 42.0 Å². The van der Waals surface area contributed by atoms with E-state index in [1.54, 1.807) is 13.2 Å². The second-order valence-electron chi connectivity index (χ2n) is 7.84. The molecule has 3 rings (SSSR count). The minimum atomic E-state index is -3.41. The van der Waals surface area contributed by atoms with Crippen LogP contribution in [0.5, 0.6) is 11.5 Å². The van der Waals surface area contributed by atoms with Crippen molar-refractivity contribution >= 4 is 21.7 Å². The molecule has 8 heteroatoms. The molecular weight excluding hydrogens is 418 g/mol. The van der Waals surface area contributed by atoms with Gasteiger partial charge in [0.2, 0.25) is 10.0 Å². The van der Waals surface area contributed by atoms with E-state index in [2.05, 4.69) is 4.72 Å². The number of rotatable bonds is 10. The van der Waals surface area contributed by atoms with Crippen LogP contribution in [0.1, 0.15) is 50.7 Å². The molecular formula is C23H29NO6S. The Morgan fingerprint density at radius 3 is 2.68 bits per heavy atom. The molecule has 0 fully saturated rings. The largest absolute Gasteiger partial charge is 0.496 e. The van der Waals surface area contributed by atoms with Gasteiger partial charge in [0.05, 0.1) is 24.8 Å². The highest BCUT2D eigenvalue weighted by Crippen LogP contribution is 2.49. The van der Waals surface area contributed by atoms with Crippen molar-refractivity contribution in [3.63, 3.8) is 0 Å². The fourth-order valence-electron chi connectivity index (χ4n) is 4.03. The molecule has 0 aliphatic carbocycles. The third-order valence-electron chi connectivity index (χ3n) is 5.56. The van der Waals surface area contributed by atoms with Crippen molar-refractivity contribution in [1.29, 1.82) is 0 Å². The summed E-state index contributed by atoms with van der Waals surface area (Å²) in [6.07, 6.45) is 4.38. The van der Waals surface area contributed by atoms with Crippen LogP contribution in [0, 0.1) is 5.92 Å². The van der Waals surface area contributed by atoms with Gasteiger partial charge in [-0.2, -0.15) is 0 Å². The Morgan fingerprint density at radius 2 is 2.03 bits per heavy atom. The maximum Gasteiger partial charge on any atom is 0.306 e. The van der Waals surface area contributed by atoms with Crippen LogP contribution in [0.3, 0.4) is 0 Å². The second-order valence-corrected chi connectivity index (χ2v) is 9.59. The summed E-state index contributed by atoms with van der Waals surface area (Å²) in [4.78, 5) is 11.2. The standard InChI is InChI=1S/C23H29NO6S/c1-4-15(23(25)26)8-5-6-9-19-18-14-16(24-31(3,27)28)12-13-17(18)22-20(29-2)10-7-11-21(22)30-19/h7,10-15,19,24H,4-6,8-9H2,1-3H3,(H,25,26). The number of unbranched alkanes of at least 4 members (excludes halogenated alkanes) is 1. The van der Waals surface area contributed by atoms with Crippen LogP contribution in [-0.4, -0.2) is 32.9 Å². The predicted molar refractivity (Wildman–Crippen MR) is 120 cm³/mol. The highest BCUT2D eigenvalue weighted by molar-refractivity contribution is 7.92. The quantitative estimate of drug-likeness (QED) is 0.506. The number of carboxylic acids is 1. The summed E-state index contributed by atoms with van der Waals surface area (Å²) in [6, 6.07) is 11.1. The summed E-state index contributed by atoms with van der Waals surface area (Å²) in [5, 5.41) is 9.24. The summed E-state index contributed by atoms with van der Waals surface area (Å²) in [5.41, 5.74) is 3.15. The average Bonchev–Trinajstić information content (AvgIpc) is 2.71. The highest BCUT2D eigenvalue weighted by atomic mass is 32.2. The molecule has 2 N–H and O–H groups in total. The molecule has 1 aliphatic heterocycles. The van der Waals surface area contributed by atoms with Crippen molar-refractivity contribution in [2.75, 3.05) is 18.1 Å². The summed E-state index contributed by atoms with van der Waals surface area (Å²) >= 11 is 0. The number of carbonyl (C=O) groups is 1. The Morgan fingerprint density at radius 1 is 1.26 bits per heavy atom. The van der Waals surface area contributed by atoms with Gasteiger partial charge in [-0.05, 0) is 55.5 Å². The van der Waals surface area contributed by atoms with E-state index in [1.165, 1.54) is 0 Å². The number of hydrogen-bond acceptors (Lipinski definition) is 5. The Bertz CT molecular complexity index is 1050. The van der Waals surface area contributed by atoms with Gasteiger partial charge in [0.25, 0.3) is 0 Å². The number of methoxy groups -OCH3 is 1. The fourth-order valence-corrected chi connectivity index (χ4v) is 4.59. The van der Waals surface area contributed by atoms with Crippen LogP contribution in [0.25, 0.3) is 11.1 Å². The molecule has 0 aromatic heterocycles. The summed E-state index contributed by atoms with van der Waals surface area (Å²) in [5.74, 6) is 0.334. The topological polar surface area (TPSA) is 102 Å². The summed E-state index contributed by atoms with van der Waals surface area (Å²) in [7, 11) is -1.80. The molecule has 2 atom stereocenters. The normalized spacial score (nSPS) is 15.9. The Kier molecular flexibility index (Phi) is 7.10. The minimum absolute atomic E-state index is 0.263. The van der Waals surface area contributed by atoms with Crippen molar-refractivity contribution < 1.29 is 27.8 Å². The lowest BCUT2D eigenvalue weighted by Crippen LogP contribution is -2.17. The van der Waals surface area contributed by atoms with Gasteiger partial charge < -0.3 is 14.6 Å². The number of fused-ring (bicyclic) bond motifs is 3. The molecule has 0 spiro atoms.